The second kappa shape index (κ2) is 7.07. The topological polar surface area (TPSA) is 72.7 Å². The Morgan fingerprint density at radius 1 is 1.00 bits per heavy atom. The van der Waals surface area contributed by atoms with E-state index in [2.05, 4.69) is 6.07 Å². The molecule has 0 aromatic heterocycles. The number of non-ortho nitro benzene ring substituents is 1. The lowest BCUT2D eigenvalue weighted by Gasteiger charge is -2.60. The average Bonchev–Trinajstić information content (AvgIpc) is 2.79. The van der Waals surface area contributed by atoms with Crippen LogP contribution in [0.3, 0.4) is 0 Å². The first kappa shape index (κ1) is 18.5. The lowest BCUT2D eigenvalue weighted by molar-refractivity contribution is -0.384. The van der Waals surface area contributed by atoms with E-state index in [9.17, 15) is 14.9 Å². The van der Waals surface area contributed by atoms with Gasteiger partial charge in [-0.05, 0) is 40.8 Å². The highest BCUT2D eigenvalue weighted by molar-refractivity contribution is 5.93. The van der Waals surface area contributed by atoms with Crippen LogP contribution < -0.4 is 0 Å². The van der Waals surface area contributed by atoms with Gasteiger partial charge in [0.25, 0.3) is 11.6 Å². The van der Waals surface area contributed by atoms with Gasteiger partial charge in [-0.3, -0.25) is 14.9 Å². The number of ether oxygens (including phenoxy) is 1. The van der Waals surface area contributed by atoms with Gasteiger partial charge in [-0.15, -0.1) is 0 Å². The zero-order valence-electron chi connectivity index (χ0n) is 16.2. The van der Waals surface area contributed by atoms with Gasteiger partial charge in [-0.2, -0.15) is 0 Å². The standard InChI is InChI=1S/C24H20N2O4/c27-23-22(30-16-17-6-2-1-3-7-17)24(19-10-12-20(13-11-19)26(28)29)21-9-5-4-8-18(21)14-15-25(23)24/h1-13,22H,14-16H2. The lowest BCUT2D eigenvalue weighted by Crippen LogP contribution is -2.75. The number of amides is 1. The first-order valence-corrected chi connectivity index (χ1v) is 9.92. The van der Waals surface area contributed by atoms with Crippen molar-refractivity contribution in [1.82, 2.24) is 4.90 Å². The van der Waals surface area contributed by atoms with Gasteiger partial charge in [0.15, 0.2) is 6.10 Å². The van der Waals surface area contributed by atoms with Gasteiger partial charge in [0.05, 0.1) is 11.5 Å². The summed E-state index contributed by atoms with van der Waals surface area (Å²) in [5.41, 5.74) is 3.29. The maximum Gasteiger partial charge on any atom is 0.269 e. The summed E-state index contributed by atoms with van der Waals surface area (Å²) in [6, 6.07) is 24.3. The molecule has 30 heavy (non-hydrogen) atoms. The Morgan fingerprint density at radius 2 is 1.70 bits per heavy atom. The fourth-order valence-electron chi connectivity index (χ4n) is 4.73. The van der Waals surface area contributed by atoms with Crippen LogP contribution in [0.15, 0.2) is 78.9 Å². The number of β-lactam (4-membered cyclic amide) rings is 1. The van der Waals surface area contributed by atoms with Crippen molar-refractivity contribution in [3.63, 3.8) is 0 Å². The lowest BCUT2D eigenvalue weighted by atomic mass is 9.66. The van der Waals surface area contributed by atoms with Crippen LogP contribution in [-0.4, -0.2) is 28.4 Å². The molecule has 1 amide bonds. The molecule has 2 unspecified atom stereocenters. The fourth-order valence-corrected chi connectivity index (χ4v) is 4.73. The van der Waals surface area contributed by atoms with Crippen LogP contribution in [0.2, 0.25) is 0 Å². The number of carbonyl (C=O) groups excluding carboxylic acids is 1. The van der Waals surface area contributed by atoms with E-state index in [4.69, 9.17) is 4.74 Å². The number of fused-ring (bicyclic) bond motifs is 3. The number of nitrogens with zero attached hydrogens (tertiary/aromatic N) is 2. The Kier molecular flexibility index (Phi) is 4.37. The van der Waals surface area contributed by atoms with Crippen LogP contribution in [-0.2, 0) is 28.1 Å². The molecule has 1 fully saturated rings. The van der Waals surface area contributed by atoms with E-state index in [0.29, 0.717) is 13.2 Å². The van der Waals surface area contributed by atoms with Crippen molar-refractivity contribution in [2.45, 2.75) is 24.7 Å². The van der Waals surface area contributed by atoms with Gasteiger partial charge < -0.3 is 9.64 Å². The SMILES string of the molecule is O=C1C(OCc2ccccc2)C2(c3ccc([N+](=O)[O-])cc3)c3ccccc3CCN12. The highest BCUT2D eigenvalue weighted by atomic mass is 16.6. The third kappa shape index (κ3) is 2.64. The molecule has 150 valence electrons. The van der Waals surface area contributed by atoms with Crippen molar-refractivity contribution in [1.29, 1.82) is 0 Å². The van der Waals surface area contributed by atoms with E-state index < -0.39 is 16.6 Å². The number of hydrogen-bond donors (Lipinski definition) is 0. The number of hydrogen-bond acceptors (Lipinski definition) is 4. The second-order valence-corrected chi connectivity index (χ2v) is 7.64. The van der Waals surface area contributed by atoms with Crippen LogP contribution >= 0.6 is 0 Å². The molecule has 0 radical (unpaired) electrons. The maximum atomic E-state index is 13.1. The smallest absolute Gasteiger partial charge is 0.269 e. The molecule has 3 aromatic carbocycles. The van der Waals surface area contributed by atoms with Crippen molar-refractivity contribution in [3.05, 3.63) is 111 Å². The molecule has 0 bridgehead atoms. The minimum Gasteiger partial charge on any atom is -0.360 e. The van der Waals surface area contributed by atoms with Crippen LogP contribution in [0.25, 0.3) is 0 Å². The van der Waals surface area contributed by atoms with Gasteiger partial charge >= 0.3 is 0 Å². The summed E-state index contributed by atoms with van der Waals surface area (Å²) in [6.07, 6.45) is 0.0998. The van der Waals surface area contributed by atoms with Crippen LogP contribution in [0.4, 0.5) is 5.69 Å². The molecule has 2 atom stereocenters. The van der Waals surface area contributed by atoms with E-state index in [1.807, 2.05) is 53.4 Å². The monoisotopic (exact) mass is 400 g/mol. The average molecular weight is 400 g/mol. The Bertz CT molecular complexity index is 1110. The Balaban J connectivity index is 1.60. The molecule has 1 saturated heterocycles. The molecule has 5 rings (SSSR count). The molecule has 0 N–H and O–H groups in total. The van der Waals surface area contributed by atoms with Gasteiger partial charge in [0, 0.05) is 18.7 Å². The van der Waals surface area contributed by atoms with E-state index in [-0.39, 0.29) is 11.6 Å². The summed E-state index contributed by atoms with van der Waals surface area (Å²) in [4.78, 5) is 25.7. The molecule has 6 nitrogen and oxygen atoms in total. The third-order valence-electron chi connectivity index (χ3n) is 6.11. The molecule has 2 aliphatic heterocycles. The molecular weight excluding hydrogens is 380 g/mol. The molecule has 0 spiro atoms. The van der Waals surface area contributed by atoms with Crippen LogP contribution in [0, 0.1) is 10.1 Å². The first-order chi connectivity index (χ1) is 14.6. The summed E-state index contributed by atoms with van der Waals surface area (Å²) < 4.78 is 6.21. The molecule has 3 aromatic rings. The summed E-state index contributed by atoms with van der Waals surface area (Å²) in [7, 11) is 0. The summed E-state index contributed by atoms with van der Waals surface area (Å²) in [6.45, 7) is 0.917. The first-order valence-electron chi connectivity index (χ1n) is 9.92. The van der Waals surface area contributed by atoms with E-state index >= 15 is 0 Å². The molecule has 2 heterocycles. The number of nitro groups is 1. The number of nitro benzene ring substituents is 1. The van der Waals surface area contributed by atoms with Crippen LogP contribution in [0.1, 0.15) is 22.3 Å². The molecule has 2 aliphatic rings. The van der Waals surface area contributed by atoms with Gasteiger partial charge in [0.1, 0.15) is 5.54 Å². The molecule has 0 aliphatic carbocycles. The third-order valence-corrected chi connectivity index (χ3v) is 6.11. The van der Waals surface area contributed by atoms with Gasteiger partial charge in [-0.25, -0.2) is 0 Å². The van der Waals surface area contributed by atoms with E-state index in [1.165, 1.54) is 17.7 Å². The Labute approximate surface area is 173 Å². The highest BCUT2D eigenvalue weighted by Gasteiger charge is 2.64. The highest BCUT2D eigenvalue weighted by Crippen LogP contribution is 2.52. The zero-order chi connectivity index (χ0) is 20.7. The van der Waals surface area contributed by atoms with Crippen LogP contribution in [0.5, 0.6) is 0 Å². The second-order valence-electron chi connectivity index (χ2n) is 7.64. The number of rotatable bonds is 5. The Morgan fingerprint density at radius 3 is 2.43 bits per heavy atom. The van der Waals surface area contributed by atoms with Crippen molar-refractivity contribution in [3.8, 4) is 0 Å². The largest absolute Gasteiger partial charge is 0.360 e. The zero-order valence-corrected chi connectivity index (χ0v) is 16.2. The van der Waals surface area contributed by atoms with E-state index in [0.717, 1.165) is 23.1 Å². The van der Waals surface area contributed by atoms with Crippen molar-refractivity contribution < 1.29 is 14.5 Å². The number of benzene rings is 3. The predicted octanol–water partition coefficient (Wildman–Crippen LogP) is 3.82. The molecule has 6 heteroatoms. The fraction of sp³-hybridized carbons (Fsp3) is 0.208. The van der Waals surface area contributed by atoms with Crippen molar-refractivity contribution >= 4 is 11.6 Å². The van der Waals surface area contributed by atoms with Gasteiger partial charge in [-0.1, -0.05) is 54.6 Å². The summed E-state index contributed by atoms with van der Waals surface area (Å²) in [5, 5.41) is 11.1. The van der Waals surface area contributed by atoms with Crippen molar-refractivity contribution in [2.75, 3.05) is 6.54 Å². The minimum atomic E-state index is -0.768. The normalized spacial score (nSPS) is 22.1. The minimum absolute atomic E-state index is 0.0261. The van der Waals surface area contributed by atoms with Gasteiger partial charge in [0.2, 0.25) is 0 Å². The van der Waals surface area contributed by atoms with Crippen molar-refractivity contribution in [2.24, 2.45) is 0 Å². The summed E-state index contributed by atoms with van der Waals surface area (Å²) in [5.74, 6) is -0.0428. The molecular formula is C24H20N2O4. The molecule has 0 saturated carbocycles. The predicted molar refractivity (Wildman–Crippen MR) is 111 cm³/mol. The maximum absolute atomic E-state index is 13.1. The Hall–Kier alpha value is -3.51. The quantitative estimate of drug-likeness (QED) is 0.371. The van der Waals surface area contributed by atoms with E-state index in [1.54, 1.807) is 12.1 Å². The summed E-state index contributed by atoms with van der Waals surface area (Å²) >= 11 is 0. The number of carbonyl (C=O) groups is 1.